The maximum Gasteiger partial charge on any atom is 0.253 e. The molecule has 1 aliphatic rings. The van der Waals surface area contributed by atoms with Crippen LogP contribution in [-0.2, 0) is 0 Å². The summed E-state index contributed by atoms with van der Waals surface area (Å²) in [5.74, 6) is 2.13. The number of hydrogen-bond acceptors (Lipinski definition) is 5. The number of nitrogens with zero attached hydrogens (tertiary/aromatic N) is 1. The molecule has 0 spiro atoms. The molecule has 0 saturated carbocycles. The largest absolute Gasteiger partial charge is 0.508 e. The van der Waals surface area contributed by atoms with E-state index in [1.165, 1.54) is 18.2 Å². The number of nitrogens with two attached hydrogens (primary N) is 1. The zero-order valence-corrected chi connectivity index (χ0v) is 11.6. The van der Waals surface area contributed by atoms with E-state index >= 15 is 0 Å². The van der Waals surface area contributed by atoms with Gasteiger partial charge in [0.2, 0.25) is 0 Å². The number of thioether (sulfide) groups is 1. The van der Waals surface area contributed by atoms with E-state index in [0.717, 1.165) is 31.1 Å². The molecule has 1 fully saturated rings. The molecule has 0 unspecified atom stereocenters. The van der Waals surface area contributed by atoms with Gasteiger partial charge in [0.15, 0.2) is 0 Å². The Bertz CT molecular complexity index is 448. The van der Waals surface area contributed by atoms with Crippen LogP contribution < -0.4 is 11.1 Å². The van der Waals surface area contributed by atoms with Gasteiger partial charge in [-0.1, -0.05) is 0 Å². The molecule has 0 aliphatic carbocycles. The van der Waals surface area contributed by atoms with Crippen LogP contribution in [0.3, 0.4) is 0 Å². The molecule has 1 aromatic rings. The van der Waals surface area contributed by atoms with Gasteiger partial charge in [-0.25, -0.2) is 0 Å². The lowest BCUT2D eigenvalue weighted by Crippen LogP contribution is -2.39. The predicted octanol–water partition coefficient (Wildman–Crippen LogP) is 0.753. The van der Waals surface area contributed by atoms with Gasteiger partial charge >= 0.3 is 0 Å². The molecule has 1 saturated heterocycles. The quantitative estimate of drug-likeness (QED) is 0.561. The number of rotatable bonds is 4. The summed E-state index contributed by atoms with van der Waals surface area (Å²) < 4.78 is 0. The van der Waals surface area contributed by atoms with Crippen LogP contribution in [0, 0.1) is 0 Å². The molecule has 1 amide bonds. The van der Waals surface area contributed by atoms with Gasteiger partial charge in [-0.05, 0) is 18.2 Å². The van der Waals surface area contributed by atoms with Crippen molar-refractivity contribution in [1.82, 2.24) is 10.2 Å². The number of benzene rings is 1. The minimum atomic E-state index is -0.236. The van der Waals surface area contributed by atoms with E-state index in [2.05, 4.69) is 10.2 Å². The van der Waals surface area contributed by atoms with Gasteiger partial charge < -0.3 is 16.2 Å². The number of carbonyl (C=O) groups is 1. The first-order chi connectivity index (χ1) is 9.16. The number of nitrogen functional groups attached to an aromatic ring is 1. The zero-order chi connectivity index (χ0) is 13.7. The van der Waals surface area contributed by atoms with Crippen LogP contribution >= 0.6 is 11.8 Å². The first-order valence-corrected chi connectivity index (χ1v) is 7.49. The Morgan fingerprint density at radius 1 is 1.42 bits per heavy atom. The molecular weight excluding hydrogens is 262 g/mol. The van der Waals surface area contributed by atoms with Crippen LogP contribution in [0.4, 0.5) is 5.69 Å². The number of hydrogen-bond donors (Lipinski definition) is 3. The topological polar surface area (TPSA) is 78.6 Å². The summed E-state index contributed by atoms with van der Waals surface area (Å²) in [6, 6.07) is 4.39. The van der Waals surface area contributed by atoms with Crippen LogP contribution in [0.2, 0.25) is 0 Å². The number of amides is 1. The van der Waals surface area contributed by atoms with Crippen LogP contribution in [0.25, 0.3) is 0 Å². The number of aromatic hydroxyl groups is 1. The van der Waals surface area contributed by atoms with E-state index in [0.29, 0.717) is 17.8 Å². The third kappa shape index (κ3) is 4.04. The molecule has 0 radical (unpaired) electrons. The van der Waals surface area contributed by atoms with Gasteiger partial charge in [-0.3, -0.25) is 9.69 Å². The Labute approximate surface area is 117 Å². The van der Waals surface area contributed by atoms with E-state index in [1.807, 2.05) is 11.8 Å². The third-order valence-corrected chi connectivity index (χ3v) is 4.04. The average molecular weight is 281 g/mol. The fourth-order valence-corrected chi connectivity index (χ4v) is 2.97. The van der Waals surface area contributed by atoms with Crippen molar-refractivity contribution < 1.29 is 9.90 Å². The second kappa shape index (κ2) is 6.68. The summed E-state index contributed by atoms with van der Waals surface area (Å²) in [5.41, 5.74) is 6.43. The summed E-state index contributed by atoms with van der Waals surface area (Å²) in [5, 5.41) is 12.2. The number of nitrogens with one attached hydrogen (secondary N) is 1. The SMILES string of the molecule is Nc1ccc(O)cc1C(=O)NCCN1CCSCC1. The fraction of sp³-hybridized carbons (Fsp3) is 0.462. The summed E-state index contributed by atoms with van der Waals surface area (Å²) >= 11 is 1.97. The second-order valence-electron chi connectivity index (χ2n) is 4.48. The first kappa shape index (κ1) is 14.0. The lowest BCUT2D eigenvalue weighted by molar-refractivity contribution is 0.0949. The fourth-order valence-electron chi connectivity index (χ4n) is 1.99. The Balaban J connectivity index is 1.82. The van der Waals surface area contributed by atoms with Gasteiger partial charge in [-0.2, -0.15) is 11.8 Å². The zero-order valence-electron chi connectivity index (χ0n) is 10.8. The molecule has 0 atom stereocenters. The van der Waals surface area contributed by atoms with Crippen molar-refractivity contribution in [3.05, 3.63) is 23.8 Å². The maximum absolute atomic E-state index is 11.9. The highest BCUT2D eigenvalue weighted by Gasteiger charge is 2.12. The Morgan fingerprint density at radius 2 is 2.16 bits per heavy atom. The highest BCUT2D eigenvalue weighted by Crippen LogP contribution is 2.18. The standard InChI is InChI=1S/C13H19N3O2S/c14-12-2-1-10(17)9-11(12)13(18)15-3-4-16-5-7-19-8-6-16/h1-2,9,17H,3-8,14H2,(H,15,18). The Morgan fingerprint density at radius 3 is 2.89 bits per heavy atom. The molecule has 1 aromatic carbocycles. The Hall–Kier alpha value is -1.40. The third-order valence-electron chi connectivity index (χ3n) is 3.10. The van der Waals surface area contributed by atoms with E-state index in [9.17, 15) is 9.90 Å². The van der Waals surface area contributed by atoms with Crippen molar-refractivity contribution in [1.29, 1.82) is 0 Å². The van der Waals surface area contributed by atoms with Crippen molar-refractivity contribution in [3.8, 4) is 5.75 Å². The summed E-state index contributed by atoms with van der Waals surface area (Å²) in [6.07, 6.45) is 0. The lowest BCUT2D eigenvalue weighted by Gasteiger charge is -2.26. The molecule has 104 valence electrons. The number of anilines is 1. The minimum absolute atomic E-state index is 0.0485. The number of phenols is 1. The molecule has 6 heteroatoms. The van der Waals surface area contributed by atoms with Gasteiger partial charge in [0, 0.05) is 43.4 Å². The smallest absolute Gasteiger partial charge is 0.253 e. The second-order valence-corrected chi connectivity index (χ2v) is 5.71. The van der Waals surface area contributed by atoms with Gasteiger partial charge in [0.25, 0.3) is 5.91 Å². The lowest BCUT2D eigenvalue weighted by atomic mass is 10.1. The Kier molecular flexibility index (Phi) is 4.93. The molecule has 19 heavy (non-hydrogen) atoms. The maximum atomic E-state index is 11.9. The average Bonchev–Trinajstić information content (AvgIpc) is 2.42. The van der Waals surface area contributed by atoms with E-state index in [-0.39, 0.29) is 11.7 Å². The highest BCUT2D eigenvalue weighted by molar-refractivity contribution is 7.99. The first-order valence-electron chi connectivity index (χ1n) is 6.33. The van der Waals surface area contributed by atoms with Crippen LogP contribution in [0.1, 0.15) is 10.4 Å². The predicted molar refractivity (Wildman–Crippen MR) is 78.6 cm³/mol. The summed E-state index contributed by atoms with van der Waals surface area (Å²) in [7, 11) is 0. The molecule has 0 bridgehead atoms. The molecule has 1 heterocycles. The van der Waals surface area contributed by atoms with Crippen LogP contribution in [-0.4, -0.2) is 53.6 Å². The summed E-state index contributed by atoms with van der Waals surface area (Å²) in [4.78, 5) is 14.3. The highest BCUT2D eigenvalue weighted by atomic mass is 32.2. The molecule has 1 aliphatic heterocycles. The normalized spacial score (nSPS) is 16.2. The van der Waals surface area contributed by atoms with Crippen molar-refractivity contribution in [2.75, 3.05) is 43.4 Å². The molecule has 5 nitrogen and oxygen atoms in total. The van der Waals surface area contributed by atoms with Crippen LogP contribution in [0.15, 0.2) is 18.2 Å². The van der Waals surface area contributed by atoms with Crippen molar-refractivity contribution in [2.45, 2.75) is 0 Å². The molecule has 0 aromatic heterocycles. The summed E-state index contributed by atoms with van der Waals surface area (Å²) in [6.45, 7) is 3.60. The number of phenolic OH excluding ortho intramolecular Hbond substituents is 1. The van der Waals surface area contributed by atoms with Crippen molar-refractivity contribution >= 4 is 23.4 Å². The van der Waals surface area contributed by atoms with Crippen LogP contribution in [0.5, 0.6) is 5.75 Å². The van der Waals surface area contributed by atoms with Crippen molar-refractivity contribution in [2.24, 2.45) is 0 Å². The van der Waals surface area contributed by atoms with Crippen molar-refractivity contribution in [3.63, 3.8) is 0 Å². The van der Waals surface area contributed by atoms with E-state index in [1.54, 1.807) is 0 Å². The molecule has 4 N–H and O–H groups in total. The van der Waals surface area contributed by atoms with Gasteiger partial charge in [-0.15, -0.1) is 0 Å². The van der Waals surface area contributed by atoms with E-state index in [4.69, 9.17) is 5.73 Å². The molecular formula is C13H19N3O2S. The minimum Gasteiger partial charge on any atom is -0.508 e. The number of carbonyl (C=O) groups excluding carboxylic acids is 1. The van der Waals surface area contributed by atoms with Gasteiger partial charge in [0.05, 0.1) is 5.56 Å². The monoisotopic (exact) mass is 281 g/mol. The van der Waals surface area contributed by atoms with Gasteiger partial charge in [0.1, 0.15) is 5.75 Å². The molecule has 2 rings (SSSR count). The van der Waals surface area contributed by atoms with E-state index < -0.39 is 0 Å².